The van der Waals surface area contributed by atoms with Gasteiger partial charge in [-0.15, -0.1) is 0 Å². The molecule has 2 aromatic heterocycles. The molecule has 0 radical (unpaired) electrons. The van der Waals surface area contributed by atoms with Crippen molar-refractivity contribution >= 4 is 40.7 Å². The topological polar surface area (TPSA) is 76.5 Å². The van der Waals surface area contributed by atoms with Crippen LogP contribution in [0, 0.1) is 0 Å². The molecule has 0 fully saturated rings. The molecule has 0 bridgehead atoms. The Bertz CT molecular complexity index is 994. The summed E-state index contributed by atoms with van der Waals surface area (Å²) in [6.45, 7) is 9.36. The number of nitrogens with one attached hydrogen (secondary N) is 1. The lowest BCUT2D eigenvalue weighted by Gasteiger charge is -2.11. The van der Waals surface area contributed by atoms with Crippen LogP contribution in [0.4, 0.5) is 24.1 Å². The van der Waals surface area contributed by atoms with Gasteiger partial charge >= 0.3 is 12.1 Å². The number of carbonyl (C=O) groups excluding carboxylic acids is 1. The van der Waals surface area contributed by atoms with Crippen LogP contribution in [0.3, 0.4) is 0 Å². The van der Waals surface area contributed by atoms with E-state index in [4.69, 9.17) is 0 Å². The van der Waals surface area contributed by atoms with Gasteiger partial charge in [-0.05, 0) is 31.7 Å². The predicted octanol–water partition coefficient (Wildman–Crippen LogP) is 5.83. The normalized spacial score (nSPS) is 12.5. The quantitative estimate of drug-likeness (QED) is 0.334. The van der Waals surface area contributed by atoms with Crippen LogP contribution in [0.2, 0.25) is 0 Å². The lowest BCUT2D eigenvalue weighted by molar-refractivity contribution is -0.137. The first-order valence-corrected chi connectivity index (χ1v) is 9.67. The predicted molar refractivity (Wildman–Crippen MR) is 112 cm³/mol. The molecule has 2 heterocycles. The molecule has 0 atom stereocenters. The largest absolute Gasteiger partial charge is 0.465 e. The second kappa shape index (κ2) is 9.66. The number of aliphatic imine (C=N–C) groups is 1. The van der Waals surface area contributed by atoms with Gasteiger partial charge in [0.2, 0.25) is 0 Å². The number of nitrogens with zero attached hydrogens (tertiary/aromatic N) is 3. The van der Waals surface area contributed by atoms with E-state index in [1.165, 1.54) is 11.3 Å². The van der Waals surface area contributed by atoms with Gasteiger partial charge < -0.3 is 10.1 Å². The van der Waals surface area contributed by atoms with Crippen molar-refractivity contribution in [2.24, 2.45) is 4.99 Å². The second-order valence-corrected chi connectivity index (χ2v) is 7.36. The van der Waals surface area contributed by atoms with Gasteiger partial charge in [0.05, 0.1) is 28.9 Å². The van der Waals surface area contributed by atoms with Crippen molar-refractivity contribution in [2.45, 2.75) is 32.9 Å². The van der Waals surface area contributed by atoms with Crippen molar-refractivity contribution in [3.63, 3.8) is 0 Å². The maximum Gasteiger partial charge on any atom is 0.417 e. The molecule has 2 rings (SSSR count). The number of aromatic nitrogens is 2. The van der Waals surface area contributed by atoms with Gasteiger partial charge in [0.25, 0.3) is 0 Å². The summed E-state index contributed by atoms with van der Waals surface area (Å²) in [5, 5.41) is 3.19. The fraction of sp³-hybridized carbons (Fsp3) is 0.300. The lowest BCUT2D eigenvalue weighted by atomic mass is 10.1. The smallest absolute Gasteiger partial charge is 0.417 e. The molecule has 6 nitrogen and oxygen atoms in total. The number of carbonyl (C=O) groups is 1. The molecule has 0 saturated carbocycles. The van der Waals surface area contributed by atoms with E-state index in [-0.39, 0.29) is 17.3 Å². The number of pyridine rings is 1. The highest BCUT2D eigenvalue weighted by atomic mass is 32.1. The van der Waals surface area contributed by atoms with Gasteiger partial charge in [0, 0.05) is 6.20 Å². The minimum atomic E-state index is -4.64. The van der Waals surface area contributed by atoms with Crippen LogP contribution >= 0.6 is 11.3 Å². The second-order valence-electron chi connectivity index (χ2n) is 6.36. The lowest BCUT2D eigenvalue weighted by Crippen LogP contribution is -2.12. The van der Waals surface area contributed by atoms with Crippen LogP contribution in [-0.4, -0.2) is 29.8 Å². The van der Waals surface area contributed by atoms with Crippen LogP contribution in [0.5, 0.6) is 0 Å². The highest BCUT2D eigenvalue weighted by Crippen LogP contribution is 2.37. The maximum atomic E-state index is 13.0. The fourth-order valence-electron chi connectivity index (χ4n) is 2.43. The SMILES string of the molecule is C=N/C(=C\C=C/C)c1sc(Nc2ncc(C(F)(F)F)cc2C(=O)OC)nc1C(C)C. The number of hydrogen-bond acceptors (Lipinski definition) is 7. The van der Waals surface area contributed by atoms with Gasteiger partial charge in [-0.1, -0.05) is 37.3 Å². The molecular formula is C20H21F3N4O2S. The molecule has 10 heteroatoms. The molecule has 0 aliphatic carbocycles. The van der Waals surface area contributed by atoms with Crippen molar-refractivity contribution in [2.75, 3.05) is 12.4 Å². The van der Waals surface area contributed by atoms with Crippen LogP contribution < -0.4 is 5.32 Å². The highest BCUT2D eigenvalue weighted by Gasteiger charge is 2.33. The third-order valence-electron chi connectivity index (χ3n) is 3.90. The van der Waals surface area contributed by atoms with E-state index in [1.807, 2.05) is 32.9 Å². The number of thiazole rings is 1. The zero-order valence-electron chi connectivity index (χ0n) is 16.9. The van der Waals surface area contributed by atoms with E-state index in [0.717, 1.165) is 17.7 Å². The van der Waals surface area contributed by atoms with E-state index < -0.39 is 17.7 Å². The number of allylic oxidation sites excluding steroid dienone is 3. The molecule has 0 saturated heterocycles. The third kappa shape index (κ3) is 5.32. The van der Waals surface area contributed by atoms with Crippen molar-refractivity contribution in [1.82, 2.24) is 9.97 Å². The van der Waals surface area contributed by atoms with Crippen LogP contribution in [-0.2, 0) is 10.9 Å². The minimum absolute atomic E-state index is 0.0446. The standard InChI is InChI=1S/C20H21F3N4O2S/c1-6-7-8-14(24-4)16-15(11(2)3)26-19(30-16)27-17-13(18(28)29-5)9-12(10-25-17)20(21,22)23/h6-11H,4H2,1-3,5H3,(H,25,26,27)/b7-6-,14-8-. The van der Waals surface area contributed by atoms with Crippen LogP contribution in [0.25, 0.3) is 5.70 Å². The van der Waals surface area contributed by atoms with Crippen LogP contribution in [0.15, 0.2) is 35.5 Å². The van der Waals surface area contributed by atoms with E-state index in [1.54, 1.807) is 6.08 Å². The summed E-state index contributed by atoms with van der Waals surface area (Å²) in [6, 6.07) is 0.696. The Morgan fingerprint density at radius 3 is 2.63 bits per heavy atom. The van der Waals surface area contributed by atoms with E-state index >= 15 is 0 Å². The van der Waals surface area contributed by atoms with Crippen molar-refractivity contribution in [1.29, 1.82) is 0 Å². The minimum Gasteiger partial charge on any atom is -0.465 e. The number of esters is 1. The molecule has 2 aromatic rings. The zero-order valence-corrected chi connectivity index (χ0v) is 17.7. The number of halogens is 3. The Balaban J connectivity index is 2.53. The summed E-state index contributed by atoms with van der Waals surface area (Å²) < 4.78 is 43.7. The first kappa shape index (κ1) is 23.3. The van der Waals surface area contributed by atoms with Gasteiger partial charge in [0.1, 0.15) is 11.4 Å². The van der Waals surface area contributed by atoms with Gasteiger partial charge in [-0.2, -0.15) is 13.2 Å². The molecule has 0 aromatic carbocycles. The molecule has 0 unspecified atom stereocenters. The average molecular weight is 438 g/mol. The Kier molecular flexibility index (Phi) is 7.49. The number of methoxy groups -OCH3 is 1. The van der Waals surface area contributed by atoms with E-state index in [9.17, 15) is 18.0 Å². The van der Waals surface area contributed by atoms with Crippen molar-refractivity contribution in [3.05, 3.63) is 52.2 Å². The molecular weight excluding hydrogens is 417 g/mol. The summed E-state index contributed by atoms with van der Waals surface area (Å²) in [5.74, 6) is -0.988. The summed E-state index contributed by atoms with van der Waals surface area (Å²) >= 11 is 1.23. The molecule has 1 N–H and O–H groups in total. The maximum absolute atomic E-state index is 13.0. The Hall–Kier alpha value is -3.01. The van der Waals surface area contributed by atoms with Gasteiger partial charge in [-0.3, -0.25) is 4.99 Å². The van der Waals surface area contributed by atoms with E-state index in [0.29, 0.717) is 23.1 Å². The number of alkyl halides is 3. The molecule has 160 valence electrons. The van der Waals surface area contributed by atoms with Gasteiger partial charge in [0.15, 0.2) is 5.13 Å². The monoisotopic (exact) mass is 438 g/mol. The number of hydrogen-bond donors (Lipinski definition) is 1. The van der Waals surface area contributed by atoms with Crippen molar-refractivity contribution in [3.8, 4) is 0 Å². The van der Waals surface area contributed by atoms with E-state index in [2.05, 4.69) is 31.7 Å². The summed E-state index contributed by atoms with van der Waals surface area (Å²) in [4.78, 5) is 25.1. The summed E-state index contributed by atoms with van der Waals surface area (Å²) in [7, 11) is 1.08. The zero-order chi connectivity index (χ0) is 22.5. The fourth-order valence-corrected chi connectivity index (χ4v) is 3.54. The number of rotatable bonds is 7. The summed E-state index contributed by atoms with van der Waals surface area (Å²) in [6.07, 6.45) is 1.44. The van der Waals surface area contributed by atoms with Crippen LogP contribution in [0.1, 0.15) is 53.2 Å². The third-order valence-corrected chi connectivity index (χ3v) is 4.90. The molecule has 0 aliphatic rings. The molecule has 0 aliphatic heterocycles. The molecule has 0 amide bonds. The number of ether oxygens (including phenoxy) is 1. The molecule has 0 spiro atoms. The number of anilines is 2. The summed E-state index contributed by atoms with van der Waals surface area (Å²) in [5.41, 5.74) is -0.0571. The average Bonchev–Trinajstić information content (AvgIpc) is 3.11. The first-order valence-electron chi connectivity index (χ1n) is 8.85. The molecule has 30 heavy (non-hydrogen) atoms. The Morgan fingerprint density at radius 1 is 1.40 bits per heavy atom. The highest BCUT2D eigenvalue weighted by molar-refractivity contribution is 7.16. The first-order chi connectivity index (χ1) is 14.1. The van der Waals surface area contributed by atoms with Gasteiger partial charge in [-0.25, -0.2) is 14.8 Å². The Morgan fingerprint density at radius 2 is 2.10 bits per heavy atom. The Labute approximate surface area is 176 Å². The van der Waals surface area contributed by atoms with Crippen molar-refractivity contribution < 1.29 is 22.7 Å².